The van der Waals surface area contributed by atoms with Crippen LogP contribution in [0.2, 0.25) is 0 Å². The van der Waals surface area contributed by atoms with Gasteiger partial charge < -0.3 is 10.1 Å². The van der Waals surface area contributed by atoms with Gasteiger partial charge in [-0.3, -0.25) is 4.79 Å². The lowest BCUT2D eigenvalue weighted by molar-refractivity contribution is 0.0995. The molecule has 2 N–H and O–H groups in total. The highest BCUT2D eigenvalue weighted by Gasteiger charge is 2.27. The molecule has 1 aromatic heterocycles. The maximum absolute atomic E-state index is 12.7. The maximum atomic E-state index is 12.7. The van der Waals surface area contributed by atoms with Crippen molar-refractivity contribution >= 4 is 32.5 Å². The number of nitrogens with zero attached hydrogens (tertiary/aromatic N) is 3. The number of hydrogen-bond donors (Lipinski definition) is 2. The van der Waals surface area contributed by atoms with Crippen molar-refractivity contribution in [2.75, 3.05) is 13.1 Å². The van der Waals surface area contributed by atoms with Crippen molar-refractivity contribution < 1.29 is 18.3 Å². The van der Waals surface area contributed by atoms with E-state index in [1.165, 1.54) is 28.6 Å². The molecule has 144 valence electrons. The fourth-order valence-corrected chi connectivity index (χ4v) is 4.80. The van der Waals surface area contributed by atoms with E-state index in [1.54, 1.807) is 24.3 Å². The second-order valence-corrected chi connectivity index (χ2v) is 8.45. The Morgan fingerprint density at radius 2 is 1.82 bits per heavy atom. The molecule has 0 aliphatic carbocycles. The fraction of sp³-hybridized carbons (Fsp3) is 0.211. The van der Waals surface area contributed by atoms with E-state index < -0.39 is 15.9 Å². The molecule has 4 rings (SSSR count). The Morgan fingerprint density at radius 1 is 1.07 bits per heavy atom. The van der Waals surface area contributed by atoms with Crippen LogP contribution < -0.4 is 0 Å². The van der Waals surface area contributed by atoms with Crippen molar-refractivity contribution in [2.24, 2.45) is 10.2 Å². The number of para-hydroxylation sites is 1. The first kappa shape index (κ1) is 18.3. The molecule has 1 aliphatic heterocycles. The van der Waals surface area contributed by atoms with Crippen LogP contribution in [0, 0.1) is 0 Å². The van der Waals surface area contributed by atoms with Crippen LogP contribution in [0.15, 0.2) is 63.7 Å². The Kier molecular flexibility index (Phi) is 4.70. The number of azo groups is 1. The van der Waals surface area contributed by atoms with Crippen LogP contribution in [0.3, 0.4) is 0 Å². The van der Waals surface area contributed by atoms with E-state index in [-0.39, 0.29) is 22.0 Å². The molecular formula is C19H18N4O4S. The standard InChI is InChI=1S/C19H18N4O4S/c24-18(22-21-17-15-8-1-2-9-16(15)20-19(17)25)13-6-5-7-14(12-13)28(26,27)23-10-3-4-11-23/h1-2,5-9,12,20,25H,3-4,10-11H2. The lowest BCUT2D eigenvalue weighted by Gasteiger charge is -2.15. The van der Waals surface area contributed by atoms with Gasteiger partial charge in [0.15, 0.2) is 5.69 Å². The zero-order chi connectivity index (χ0) is 19.7. The van der Waals surface area contributed by atoms with Gasteiger partial charge in [-0.15, -0.1) is 10.2 Å². The Labute approximate surface area is 161 Å². The summed E-state index contributed by atoms with van der Waals surface area (Å²) in [4.78, 5) is 15.2. The summed E-state index contributed by atoms with van der Waals surface area (Å²) >= 11 is 0. The zero-order valence-electron chi connectivity index (χ0n) is 14.9. The number of carbonyl (C=O) groups excluding carboxylic acids is 1. The van der Waals surface area contributed by atoms with Crippen LogP contribution in [0.25, 0.3) is 10.9 Å². The van der Waals surface area contributed by atoms with E-state index in [0.29, 0.717) is 24.0 Å². The first-order valence-corrected chi connectivity index (χ1v) is 10.3. The molecule has 0 bridgehead atoms. The maximum Gasteiger partial charge on any atom is 0.295 e. The van der Waals surface area contributed by atoms with Crippen LogP contribution in [0.5, 0.6) is 5.88 Å². The van der Waals surface area contributed by atoms with Crippen molar-refractivity contribution in [3.8, 4) is 5.88 Å². The molecule has 0 unspecified atom stereocenters. The quantitative estimate of drug-likeness (QED) is 0.654. The molecule has 1 aliphatic rings. The van der Waals surface area contributed by atoms with Crippen LogP contribution in [0.4, 0.5) is 5.69 Å². The number of amides is 1. The van der Waals surface area contributed by atoms with Gasteiger partial charge in [0.05, 0.1) is 10.4 Å². The molecule has 9 heteroatoms. The number of hydrogen-bond acceptors (Lipinski definition) is 5. The third kappa shape index (κ3) is 3.30. The van der Waals surface area contributed by atoms with Crippen molar-refractivity contribution in [2.45, 2.75) is 17.7 Å². The monoisotopic (exact) mass is 398 g/mol. The highest BCUT2D eigenvalue weighted by atomic mass is 32.2. The molecule has 28 heavy (non-hydrogen) atoms. The number of rotatable bonds is 4. The van der Waals surface area contributed by atoms with Crippen LogP contribution in [-0.2, 0) is 10.0 Å². The third-order valence-electron chi connectivity index (χ3n) is 4.68. The molecule has 1 fully saturated rings. The minimum Gasteiger partial charge on any atom is -0.493 e. The number of aromatic hydroxyl groups is 1. The highest BCUT2D eigenvalue weighted by Crippen LogP contribution is 2.35. The van der Waals surface area contributed by atoms with Crippen molar-refractivity contribution in [1.82, 2.24) is 9.29 Å². The van der Waals surface area contributed by atoms with Crippen molar-refractivity contribution in [3.63, 3.8) is 0 Å². The van der Waals surface area contributed by atoms with Gasteiger partial charge in [-0.05, 0) is 37.1 Å². The molecule has 0 radical (unpaired) electrons. The number of benzene rings is 2. The van der Waals surface area contributed by atoms with Gasteiger partial charge in [0.2, 0.25) is 15.9 Å². The zero-order valence-corrected chi connectivity index (χ0v) is 15.7. The molecule has 2 heterocycles. The third-order valence-corrected chi connectivity index (χ3v) is 6.58. The summed E-state index contributed by atoms with van der Waals surface area (Å²) in [5.74, 6) is -0.883. The number of fused-ring (bicyclic) bond motifs is 1. The average Bonchev–Trinajstić information content (AvgIpc) is 3.34. The number of aromatic amines is 1. The summed E-state index contributed by atoms with van der Waals surface area (Å²) in [5, 5.41) is 18.2. The minimum atomic E-state index is -3.62. The van der Waals surface area contributed by atoms with Gasteiger partial charge in [-0.1, -0.05) is 24.3 Å². The minimum absolute atomic E-state index is 0.0605. The molecule has 1 amide bonds. The molecule has 2 aromatic carbocycles. The Bertz CT molecular complexity index is 1180. The van der Waals surface area contributed by atoms with E-state index in [4.69, 9.17) is 0 Å². The number of aromatic nitrogens is 1. The molecular weight excluding hydrogens is 380 g/mol. The summed E-state index contributed by atoms with van der Waals surface area (Å²) in [6, 6.07) is 12.9. The molecule has 0 atom stereocenters. The van der Waals surface area contributed by atoms with E-state index in [1.807, 2.05) is 0 Å². The summed E-state index contributed by atoms with van der Waals surface area (Å²) in [6.07, 6.45) is 1.67. The molecule has 0 spiro atoms. The highest BCUT2D eigenvalue weighted by molar-refractivity contribution is 7.89. The summed E-state index contributed by atoms with van der Waals surface area (Å²) in [5.41, 5.74) is 0.938. The predicted molar refractivity (Wildman–Crippen MR) is 103 cm³/mol. The lowest BCUT2D eigenvalue weighted by Crippen LogP contribution is -2.27. The first-order chi connectivity index (χ1) is 13.5. The van der Waals surface area contributed by atoms with Gasteiger partial charge in [-0.2, -0.15) is 4.31 Å². The van der Waals surface area contributed by atoms with Crippen LogP contribution >= 0.6 is 0 Å². The van der Waals surface area contributed by atoms with Crippen LogP contribution in [0.1, 0.15) is 23.2 Å². The smallest absolute Gasteiger partial charge is 0.295 e. The van der Waals surface area contributed by atoms with E-state index in [0.717, 1.165) is 12.8 Å². The van der Waals surface area contributed by atoms with Gasteiger partial charge in [0.1, 0.15) is 0 Å². The SMILES string of the molecule is O=C(N=Nc1c(O)[nH]c2ccccc12)c1cccc(S(=O)(=O)N2CCCC2)c1. The van der Waals surface area contributed by atoms with Gasteiger partial charge >= 0.3 is 0 Å². The lowest BCUT2D eigenvalue weighted by atomic mass is 10.2. The Balaban J connectivity index is 1.62. The first-order valence-electron chi connectivity index (χ1n) is 8.83. The number of nitrogens with one attached hydrogen (secondary N) is 1. The van der Waals surface area contributed by atoms with E-state index in [2.05, 4.69) is 15.2 Å². The molecule has 1 saturated heterocycles. The number of H-pyrrole nitrogens is 1. The second kappa shape index (κ2) is 7.17. The van der Waals surface area contributed by atoms with Crippen molar-refractivity contribution in [1.29, 1.82) is 0 Å². The number of carbonyl (C=O) groups is 1. The van der Waals surface area contributed by atoms with E-state index in [9.17, 15) is 18.3 Å². The summed E-state index contributed by atoms with van der Waals surface area (Å²) in [6.45, 7) is 0.972. The molecule has 0 saturated carbocycles. The second-order valence-electron chi connectivity index (χ2n) is 6.51. The Hall–Kier alpha value is -3.04. The topological polar surface area (TPSA) is 115 Å². The summed E-state index contributed by atoms with van der Waals surface area (Å²) in [7, 11) is -3.62. The van der Waals surface area contributed by atoms with E-state index >= 15 is 0 Å². The fourth-order valence-electron chi connectivity index (χ4n) is 3.23. The van der Waals surface area contributed by atoms with Gasteiger partial charge in [0.25, 0.3) is 5.91 Å². The van der Waals surface area contributed by atoms with Gasteiger partial charge in [-0.25, -0.2) is 8.42 Å². The van der Waals surface area contributed by atoms with Crippen molar-refractivity contribution in [3.05, 3.63) is 54.1 Å². The summed E-state index contributed by atoms with van der Waals surface area (Å²) < 4.78 is 26.8. The molecule has 8 nitrogen and oxygen atoms in total. The largest absolute Gasteiger partial charge is 0.493 e. The number of sulfonamides is 1. The normalized spacial score (nSPS) is 15.6. The Morgan fingerprint density at radius 3 is 2.61 bits per heavy atom. The molecule has 3 aromatic rings. The van der Waals surface area contributed by atoms with Gasteiger partial charge in [0, 0.05) is 24.0 Å². The average molecular weight is 398 g/mol. The van der Waals surface area contributed by atoms with Crippen LogP contribution in [-0.4, -0.2) is 41.8 Å². The predicted octanol–water partition coefficient (Wildman–Crippen LogP) is 3.58.